The van der Waals surface area contributed by atoms with E-state index in [0.29, 0.717) is 18.6 Å². The Morgan fingerprint density at radius 2 is 1.80 bits per heavy atom. The summed E-state index contributed by atoms with van der Waals surface area (Å²) in [6, 6.07) is 11.9. The summed E-state index contributed by atoms with van der Waals surface area (Å²) in [6.45, 7) is 3.59. The van der Waals surface area contributed by atoms with Gasteiger partial charge in [-0.15, -0.1) is 0 Å². The van der Waals surface area contributed by atoms with Crippen LogP contribution in [0, 0.1) is 5.92 Å². The van der Waals surface area contributed by atoms with Gasteiger partial charge >= 0.3 is 0 Å². The van der Waals surface area contributed by atoms with Crippen LogP contribution in [0.4, 0.5) is 0 Å². The predicted octanol–water partition coefficient (Wildman–Crippen LogP) is 2.01. The molecule has 110 valence electrons. The van der Waals surface area contributed by atoms with Crippen LogP contribution in [-0.2, 0) is 6.54 Å². The Labute approximate surface area is 122 Å². The van der Waals surface area contributed by atoms with E-state index in [-0.39, 0.29) is 0 Å². The number of hydrogen-bond donors (Lipinski definition) is 2. The van der Waals surface area contributed by atoms with Gasteiger partial charge in [0.25, 0.3) is 0 Å². The molecule has 3 rings (SSSR count). The van der Waals surface area contributed by atoms with Crippen molar-refractivity contribution in [2.24, 2.45) is 5.92 Å². The fourth-order valence-corrected chi connectivity index (χ4v) is 3.21. The van der Waals surface area contributed by atoms with E-state index in [1.807, 2.05) is 0 Å². The van der Waals surface area contributed by atoms with Crippen molar-refractivity contribution in [3.05, 3.63) is 35.9 Å². The number of likely N-dealkylation sites (tertiary alicyclic amines) is 1. The summed E-state index contributed by atoms with van der Waals surface area (Å²) in [5.41, 5.74) is 1.39. The molecule has 1 heterocycles. The first-order valence-electron chi connectivity index (χ1n) is 7.98. The van der Waals surface area contributed by atoms with Crippen LogP contribution >= 0.6 is 0 Å². The Kier molecular flexibility index (Phi) is 4.71. The third kappa shape index (κ3) is 3.81. The molecular formula is C17H26N2O. The molecule has 0 aromatic heterocycles. The topological polar surface area (TPSA) is 35.5 Å². The van der Waals surface area contributed by atoms with Crippen molar-refractivity contribution in [2.75, 3.05) is 19.7 Å². The van der Waals surface area contributed by atoms with Crippen molar-refractivity contribution in [1.82, 2.24) is 10.2 Å². The van der Waals surface area contributed by atoms with Gasteiger partial charge in [-0.05, 0) is 50.3 Å². The standard InChI is InChI=1S/C17H26N2O/c20-13-15-8-10-19(12-14-4-2-1-3-5-14)11-9-17(15)18-16-6-7-16/h1-5,15-18,20H,6-13H2. The van der Waals surface area contributed by atoms with E-state index >= 15 is 0 Å². The van der Waals surface area contributed by atoms with E-state index < -0.39 is 0 Å². The molecule has 0 bridgehead atoms. The zero-order chi connectivity index (χ0) is 13.8. The lowest BCUT2D eigenvalue weighted by Gasteiger charge is -2.24. The second kappa shape index (κ2) is 6.70. The summed E-state index contributed by atoms with van der Waals surface area (Å²) in [5.74, 6) is 0.427. The number of rotatable bonds is 5. The molecule has 3 nitrogen and oxygen atoms in total. The first-order valence-corrected chi connectivity index (χ1v) is 7.98. The highest BCUT2D eigenvalue weighted by Crippen LogP contribution is 2.25. The normalized spacial score (nSPS) is 28.2. The van der Waals surface area contributed by atoms with Gasteiger partial charge in [0.2, 0.25) is 0 Å². The van der Waals surface area contributed by atoms with Crippen LogP contribution < -0.4 is 5.32 Å². The van der Waals surface area contributed by atoms with Gasteiger partial charge in [0.15, 0.2) is 0 Å². The highest BCUT2D eigenvalue weighted by molar-refractivity contribution is 5.14. The van der Waals surface area contributed by atoms with Crippen LogP contribution in [0.2, 0.25) is 0 Å². The first kappa shape index (κ1) is 14.1. The fraction of sp³-hybridized carbons (Fsp3) is 0.647. The number of hydrogen-bond acceptors (Lipinski definition) is 3. The summed E-state index contributed by atoms with van der Waals surface area (Å²) in [7, 11) is 0. The molecule has 0 amide bonds. The predicted molar refractivity (Wildman–Crippen MR) is 81.5 cm³/mol. The summed E-state index contributed by atoms with van der Waals surface area (Å²) < 4.78 is 0. The van der Waals surface area contributed by atoms with E-state index in [9.17, 15) is 5.11 Å². The van der Waals surface area contributed by atoms with Crippen molar-refractivity contribution in [3.63, 3.8) is 0 Å². The Bertz CT molecular complexity index is 405. The third-order valence-corrected chi connectivity index (χ3v) is 4.65. The van der Waals surface area contributed by atoms with Crippen LogP contribution in [0.5, 0.6) is 0 Å². The molecule has 2 atom stereocenters. The quantitative estimate of drug-likeness (QED) is 0.862. The second-order valence-corrected chi connectivity index (χ2v) is 6.33. The summed E-state index contributed by atoms with van der Waals surface area (Å²) in [6.07, 6.45) is 4.91. The Morgan fingerprint density at radius 1 is 1.05 bits per heavy atom. The molecule has 0 spiro atoms. The Morgan fingerprint density at radius 3 is 2.50 bits per heavy atom. The maximum absolute atomic E-state index is 9.64. The second-order valence-electron chi connectivity index (χ2n) is 6.33. The molecule has 20 heavy (non-hydrogen) atoms. The van der Waals surface area contributed by atoms with Crippen molar-refractivity contribution < 1.29 is 5.11 Å². The maximum atomic E-state index is 9.64. The van der Waals surface area contributed by atoms with Crippen LogP contribution in [0.1, 0.15) is 31.2 Å². The lowest BCUT2D eigenvalue weighted by Crippen LogP contribution is -2.39. The van der Waals surface area contributed by atoms with Gasteiger partial charge < -0.3 is 10.4 Å². The molecule has 3 heteroatoms. The highest BCUT2D eigenvalue weighted by Gasteiger charge is 2.31. The van der Waals surface area contributed by atoms with E-state index in [1.165, 1.54) is 18.4 Å². The molecule has 2 N–H and O–H groups in total. The molecule has 2 unspecified atom stereocenters. The zero-order valence-electron chi connectivity index (χ0n) is 12.2. The van der Waals surface area contributed by atoms with Gasteiger partial charge in [-0.1, -0.05) is 30.3 Å². The molecule has 1 saturated heterocycles. The third-order valence-electron chi connectivity index (χ3n) is 4.65. The zero-order valence-corrected chi connectivity index (χ0v) is 12.2. The molecule has 2 aliphatic rings. The Balaban J connectivity index is 1.56. The van der Waals surface area contributed by atoms with Crippen LogP contribution in [0.15, 0.2) is 30.3 Å². The summed E-state index contributed by atoms with van der Waals surface area (Å²) in [5, 5.41) is 13.4. The smallest absolute Gasteiger partial charge is 0.0474 e. The van der Waals surface area contributed by atoms with Crippen molar-refractivity contribution >= 4 is 0 Å². The minimum Gasteiger partial charge on any atom is -0.396 e. The van der Waals surface area contributed by atoms with Crippen LogP contribution in [0.25, 0.3) is 0 Å². The van der Waals surface area contributed by atoms with Crippen molar-refractivity contribution in [1.29, 1.82) is 0 Å². The monoisotopic (exact) mass is 274 g/mol. The van der Waals surface area contributed by atoms with Crippen LogP contribution in [-0.4, -0.2) is 41.8 Å². The van der Waals surface area contributed by atoms with Gasteiger partial charge in [-0.25, -0.2) is 0 Å². The molecule has 1 aliphatic carbocycles. The number of nitrogens with one attached hydrogen (secondary N) is 1. The molecule has 0 radical (unpaired) electrons. The van der Waals surface area contributed by atoms with Gasteiger partial charge in [-0.3, -0.25) is 4.90 Å². The van der Waals surface area contributed by atoms with Gasteiger partial charge in [0, 0.05) is 25.2 Å². The summed E-state index contributed by atoms with van der Waals surface area (Å²) >= 11 is 0. The van der Waals surface area contributed by atoms with E-state index in [4.69, 9.17) is 0 Å². The van der Waals surface area contributed by atoms with E-state index in [0.717, 1.165) is 38.5 Å². The average molecular weight is 274 g/mol. The maximum Gasteiger partial charge on any atom is 0.0474 e. The molecule has 2 fully saturated rings. The SMILES string of the molecule is OCC1CCN(Cc2ccccc2)CCC1NC1CC1. The minimum absolute atomic E-state index is 0.323. The molecule has 1 aliphatic heterocycles. The van der Waals surface area contributed by atoms with Gasteiger partial charge in [0.05, 0.1) is 0 Å². The number of nitrogens with zero attached hydrogens (tertiary/aromatic N) is 1. The van der Waals surface area contributed by atoms with E-state index in [2.05, 4.69) is 40.5 Å². The lowest BCUT2D eigenvalue weighted by atomic mass is 9.95. The number of aliphatic hydroxyl groups is 1. The van der Waals surface area contributed by atoms with E-state index in [1.54, 1.807) is 0 Å². The first-order chi connectivity index (χ1) is 9.85. The van der Waals surface area contributed by atoms with Crippen molar-refractivity contribution in [2.45, 2.75) is 44.3 Å². The number of aliphatic hydroxyl groups excluding tert-OH is 1. The van der Waals surface area contributed by atoms with Gasteiger partial charge in [-0.2, -0.15) is 0 Å². The van der Waals surface area contributed by atoms with Crippen LogP contribution in [0.3, 0.4) is 0 Å². The summed E-state index contributed by atoms with van der Waals surface area (Å²) in [4.78, 5) is 2.53. The van der Waals surface area contributed by atoms with Gasteiger partial charge in [0.1, 0.15) is 0 Å². The Hall–Kier alpha value is -0.900. The molecule has 1 aromatic carbocycles. The molecular weight excluding hydrogens is 248 g/mol. The highest BCUT2D eigenvalue weighted by atomic mass is 16.3. The molecule has 1 saturated carbocycles. The number of benzene rings is 1. The van der Waals surface area contributed by atoms with Crippen molar-refractivity contribution in [3.8, 4) is 0 Å². The fourth-order valence-electron chi connectivity index (χ4n) is 3.21. The largest absolute Gasteiger partial charge is 0.396 e. The molecule has 1 aromatic rings. The lowest BCUT2D eigenvalue weighted by molar-refractivity contribution is 0.182. The average Bonchev–Trinajstić information content (AvgIpc) is 3.30. The minimum atomic E-state index is 0.323.